The molecule has 3 rings (SSSR count). The first-order valence-electron chi connectivity index (χ1n) is 6.77. The number of rotatable bonds is 2. The second kappa shape index (κ2) is 4.81. The van der Waals surface area contributed by atoms with E-state index in [0.717, 1.165) is 24.8 Å². The topological polar surface area (TPSA) is 52.6 Å². The van der Waals surface area contributed by atoms with Gasteiger partial charge in [-0.15, -0.1) is 0 Å². The molecule has 1 saturated carbocycles. The van der Waals surface area contributed by atoms with Gasteiger partial charge < -0.3 is 9.47 Å². The second-order valence-electron chi connectivity index (χ2n) is 5.50. The number of halogens is 1. The average molecular weight is 317 g/mol. The van der Waals surface area contributed by atoms with Crippen LogP contribution in [-0.4, -0.2) is 22.1 Å². The molecule has 0 aromatic heterocycles. The molecule has 0 saturated heterocycles. The smallest absolute Gasteiger partial charge is 0.268 e. The molecular weight excluding hydrogens is 300 g/mol. The van der Waals surface area contributed by atoms with Crippen molar-refractivity contribution < 1.29 is 17.9 Å². The van der Waals surface area contributed by atoms with E-state index in [1.807, 2.05) is 6.07 Å². The van der Waals surface area contributed by atoms with Crippen LogP contribution in [0.25, 0.3) is 0 Å². The van der Waals surface area contributed by atoms with Gasteiger partial charge in [-0.05, 0) is 25.3 Å². The molecule has 4 nitrogen and oxygen atoms in total. The van der Waals surface area contributed by atoms with Crippen molar-refractivity contribution in [2.24, 2.45) is 0 Å². The highest BCUT2D eigenvalue weighted by Crippen LogP contribution is 2.53. The summed E-state index contributed by atoms with van der Waals surface area (Å²) in [6.07, 6.45) is 5.45. The van der Waals surface area contributed by atoms with Crippen LogP contribution in [-0.2, 0) is 14.5 Å². The standard InChI is InChI=1S/C14H17ClO4S/c1-18-11-5-4-10-12(13(11)20(15,16)17)19-9-8-14(10)6-2-3-7-14/h4-5H,2-3,6-9H2,1H3. The minimum Gasteiger partial charge on any atom is -0.495 e. The van der Waals surface area contributed by atoms with Crippen LogP contribution in [0.3, 0.4) is 0 Å². The summed E-state index contributed by atoms with van der Waals surface area (Å²) in [4.78, 5) is -0.0230. The van der Waals surface area contributed by atoms with Gasteiger partial charge in [0.1, 0.15) is 11.5 Å². The molecule has 20 heavy (non-hydrogen) atoms. The molecule has 0 radical (unpaired) electrons. The van der Waals surface area contributed by atoms with Crippen molar-refractivity contribution in [2.75, 3.05) is 13.7 Å². The van der Waals surface area contributed by atoms with E-state index >= 15 is 0 Å². The van der Waals surface area contributed by atoms with Crippen LogP contribution < -0.4 is 9.47 Å². The first kappa shape index (κ1) is 14.0. The van der Waals surface area contributed by atoms with E-state index in [1.54, 1.807) is 6.07 Å². The summed E-state index contributed by atoms with van der Waals surface area (Å²) in [5, 5.41) is 0. The number of methoxy groups -OCH3 is 1. The highest BCUT2D eigenvalue weighted by Gasteiger charge is 2.42. The Morgan fingerprint density at radius 2 is 1.95 bits per heavy atom. The van der Waals surface area contributed by atoms with Crippen molar-refractivity contribution in [1.29, 1.82) is 0 Å². The molecule has 2 aliphatic rings. The number of ether oxygens (including phenoxy) is 2. The first-order valence-corrected chi connectivity index (χ1v) is 9.08. The minimum absolute atomic E-state index is 0.0230. The Kier molecular flexibility index (Phi) is 3.37. The lowest BCUT2D eigenvalue weighted by atomic mass is 9.74. The third kappa shape index (κ3) is 2.07. The number of fused-ring (bicyclic) bond motifs is 2. The normalized spacial score (nSPS) is 20.5. The molecule has 0 atom stereocenters. The van der Waals surface area contributed by atoms with Crippen molar-refractivity contribution >= 4 is 19.7 Å². The molecule has 0 bridgehead atoms. The van der Waals surface area contributed by atoms with E-state index in [0.29, 0.717) is 12.4 Å². The molecule has 1 heterocycles. The fourth-order valence-corrected chi connectivity index (χ4v) is 4.77. The molecular formula is C14H17ClO4S. The maximum absolute atomic E-state index is 11.9. The largest absolute Gasteiger partial charge is 0.495 e. The highest BCUT2D eigenvalue weighted by atomic mass is 35.7. The van der Waals surface area contributed by atoms with Gasteiger partial charge in [-0.2, -0.15) is 0 Å². The van der Waals surface area contributed by atoms with E-state index in [-0.39, 0.29) is 16.1 Å². The van der Waals surface area contributed by atoms with Crippen molar-refractivity contribution in [3.05, 3.63) is 17.7 Å². The van der Waals surface area contributed by atoms with Crippen molar-refractivity contribution in [3.8, 4) is 11.5 Å². The minimum atomic E-state index is -3.91. The van der Waals surface area contributed by atoms with Crippen molar-refractivity contribution in [1.82, 2.24) is 0 Å². The summed E-state index contributed by atoms with van der Waals surface area (Å²) >= 11 is 0. The lowest BCUT2D eigenvalue weighted by molar-refractivity contribution is 0.208. The zero-order valence-electron chi connectivity index (χ0n) is 11.3. The fourth-order valence-electron chi connectivity index (χ4n) is 3.55. The van der Waals surface area contributed by atoms with Crippen LogP contribution in [0.1, 0.15) is 37.7 Å². The van der Waals surface area contributed by atoms with Gasteiger partial charge in [-0.3, -0.25) is 0 Å². The molecule has 110 valence electrons. The summed E-state index contributed by atoms with van der Waals surface area (Å²) in [6.45, 7) is 0.527. The van der Waals surface area contributed by atoms with Crippen molar-refractivity contribution in [2.45, 2.75) is 42.4 Å². The van der Waals surface area contributed by atoms with E-state index in [4.69, 9.17) is 20.2 Å². The molecule has 0 unspecified atom stereocenters. The van der Waals surface area contributed by atoms with Gasteiger partial charge in [0.2, 0.25) is 0 Å². The quantitative estimate of drug-likeness (QED) is 0.786. The van der Waals surface area contributed by atoms with Gasteiger partial charge in [-0.25, -0.2) is 8.42 Å². The van der Waals surface area contributed by atoms with Gasteiger partial charge in [-0.1, -0.05) is 18.9 Å². The van der Waals surface area contributed by atoms with Crippen LogP contribution in [0.2, 0.25) is 0 Å². The maximum Gasteiger partial charge on any atom is 0.268 e. The van der Waals surface area contributed by atoms with Crippen LogP contribution in [0.4, 0.5) is 0 Å². The third-order valence-electron chi connectivity index (χ3n) is 4.50. The number of hydrogen-bond donors (Lipinski definition) is 0. The highest BCUT2D eigenvalue weighted by molar-refractivity contribution is 8.14. The summed E-state index contributed by atoms with van der Waals surface area (Å²) in [6, 6.07) is 3.62. The molecule has 1 aromatic carbocycles. The fraction of sp³-hybridized carbons (Fsp3) is 0.571. The van der Waals surface area contributed by atoms with Crippen LogP contribution in [0, 0.1) is 0 Å². The lowest BCUT2D eigenvalue weighted by Gasteiger charge is -2.36. The molecule has 1 aromatic rings. The maximum atomic E-state index is 11.9. The average Bonchev–Trinajstić information content (AvgIpc) is 2.86. The zero-order chi connectivity index (χ0) is 14.4. The lowest BCUT2D eigenvalue weighted by Crippen LogP contribution is -2.30. The monoisotopic (exact) mass is 316 g/mol. The number of benzene rings is 1. The predicted octanol–water partition coefficient (Wildman–Crippen LogP) is 3.22. The SMILES string of the molecule is COc1ccc2c(c1S(=O)(=O)Cl)OCCC21CCCC1. The van der Waals surface area contributed by atoms with E-state index in [1.165, 1.54) is 20.0 Å². The zero-order valence-corrected chi connectivity index (χ0v) is 12.9. The molecule has 6 heteroatoms. The Hall–Kier alpha value is -0.940. The molecule has 0 amide bonds. The first-order chi connectivity index (χ1) is 9.48. The molecule has 1 fully saturated rings. The molecule has 0 N–H and O–H groups in total. The van der Waals surface area contributed by atoms with Crippen LogP contribution >= 0.6 is 10.7 Å². The molecule has 1 aliphatic heterocycles. The Morgan fingerprint density at radius 1 is 1.25 bits per heavy atom. The molecule has 1 spiro atoms. The molecule has 1 aliphatic carbocycles. The Morgan fingerprint density at radius 3 is 2.55 bits per heavy atom. The van der Waals surface area contributed by atoms with E-state index in [9.17, 15) is 8.42 Å². The third-order valence-corrected chi connectivity index (χ3v) is 5.84. The van der Waals surface area contributed by atoms with Gasteiger partial charge in [0.05, 0.1) is 13.7 Å². The van der Waals surface area contributed by atoms with Gasteiger partial charge in [0.15, 0.2) is 4.90 Å². The second-order valence-corrected chi connectivity index (χ2v) is 8.00. The van der Waals surface area contributed by atoms with Gasteiger partial charge >= 0.3 is 0 Å². The van der Waals surface area contributed by atoms with E-state index < -0.39 is 9.05 Å². The summed E-state index contributed by atoms with van der Waals surface area (Å²) in [7, 11) is 3.11. The Bertz CT molecular complexity index is 633. The number of hydrogen-bond acceptors (Lipinski definition) is 4. The van der Waals surface area contributed by atoms with Crippen LogP contribution in [0.15, 0.2) is 17.0 Å². The van der Waals surface area contributed by atoms with Crippen LogP contribution in [0.5, 0.6) is 11.5 Å². The van der Waals surface area contributed by atoms with E-state index in [2.05, 4.69) is 0 Å². The summed E-state index contributed by atoms with van der Waals surface area (Å²) < 4.78 is 34.6. The van der Waals surface area contributed by atoms with Gasteiger partial charge in [0.25, 0.3) is 9.05 Å². The Labute approximate surface area is 123 Å². The van der Waals surface area contributed by atoms with Gasteiger partial charge in [0, 0.05) is 21.7 Å². The predicted molar refractivity (Wildman–Crippen MR) is 76.3 cm³/mol. The van der Waals surface area contributed by atoms with Crippen molar-refractivity contribution in [3.63, 3.8) is 0 Å². The summed E-state index contributed by atoms with van der Waals surface area (Å²) in [5.41, 5.74) is 1.03. The Balaban J connectivity index is 2.26. The summed E-state index contributed by atoms with van der Waals surface area (Å²) in [5.74, 6) is 0.640.